The van der Waals surface area contributed by atoms with Crippen molar-refractivity contribution in [2.75, 3.05) is 13.1 Å². The monoisotopic (exact) mass is 370 g/mol. The van der Waals surface area contributed by atoms with Crippen LogP contribution in [0, 0.1) is 6.92 Å². The molecule has 1 aromatic carbocycles. The van der Waals surface area contributed by atoms with E-state index in [4.69, 9.17) is 0 Å². The van der Waals surface area contributed by atoms with Gasteiger partial charge >= 0.3 is 0 Å². The summed E-state index contributed by atoms with van der Waals surface area (Å²) in [7, 11) is -3.42. The zero-order valence-electron chi connectivity index (χ0n) is 11.2. The Balaban J connectivity index is 0.00000324. The van der Waals surface area contributed by atoms with Crippen molar-refractivity contribution in [3.63, 3.8) is 0 Å². The molecule has 0 aliphatic heterocycles. The van der Waals surface area contributed by atoms with Crippen molar-refractivity contribution in [1.82, 2.24) is 10.0 Å². The lowest BCUT2D eigenvalue weighted by molar-refractivity contribution is 0.536. The second-order valence-corrected chi connectivity index (χ2v) is 6.84. The van der Waals surface area contributed by atoms with Crippen LogP contribution in [0.15, 0.2) is 27.6 Å². The Hall–Kier alpha value is -0.140. The Labute approximate surface area is 130 Å². The molecule has 0 aliphatic rings. The van der Waals surface area contributed by atoms with Crippen molar-refractivity contribution >= 4 is 38.4 Å². The van der Waals surface area contributed by atoms with Gasteiger partial charge in [0.05, 0.1) is 4.90 Å². The molecule has 19 heavy (non-hydrogen) atoms. The van der Waals surface area contributed by atoms with Gasteiger partial charge in [-0.25, -0.2) is 13.1 Å². The molecule has 0 heterocycles. The highest BCUT2D eigenvalue weighted by molar-refractivity contribution is 9.10. The van der Waals surface area contributed by atoms with Gasteiger partial charge in [0.15, 0.2) is 0 Å². The fourth-order valence-corrected chi connectivity index (χ4v) is 2.98. The largest absolute Gasteiger partial charge is 0.313 e. The molecule has 7 heteroatoms. The molecule has 0 aromatic heterocycles. The zero-order valence-corrected chi connectivity index (χ0v) is 14.5. The maximum Gasteiger partial charge on any atom is 0.240 e. The smallest absolute Gasteiger partial charge is 0.240 e. The molecule has 0 saturated carbocycles. The molecular weight excluding hydrogens is 352 g/mol. The third-order valence-corrected chi connectivity index (χ3v) is 4.88. The Kier molecular flexibility index (Phi) is 8.15. The first-order valence-electron chi connectivity index (χ1n) is 5.86. The molecule has 0 fully saturated rings. The van der Waals surface area contributed by atoms with Crippen LogP contribution in [0.5, 0.6) is 0 Å². The molecular formula is C12H20BrClN2O2S. The number of hydrogen-bond acceptors (Lipinski definition) is 3. The highest BCUT2D eigenvalue weighted by Gasteiger charge is 2.15. The summed E-state index contributed by atoms with van der Waals surface area (Å²) >= 11 is 3.35. The molecule has 2 N–H and O–H groups in total. The van der Waals surface area contributed by atoms with Crippen LogP contribution in [0.2, 0.25) is 0 Å². The number of benzene rings is 1. The van der Waals surface area contributed by atoms with Crippen LogP contribution in [-0.4, -0.2) is 27.5 Å². The summed E-state index contributed by atoms with van der Waals surface area (Å²) in [4.78, 5) is 0.298. The molecule has 1 rings (SSSR count). The van der Waals surface area contributed by atoms with Gasteiger partial charge in [-0.15, -0.1) is 12.4 Å². The van der Waals surface area contributed by atoms with Crippen LogP contribution in [0.4, 0.5) is 0 Å². The minimum Gasteiger partial charge on any atom is -0.313 e. The van der Waals surface area contributed by atoms with Crippen LogP contribution in [0.1, 0.15) is 19.4 Å². The predicted octanol–water partition coefficient (Wildman–Crippen LogP) is 2.46. The second kappa shape index (κ2) is 8.21. The van der Waals surface area contributed by atoms with Crippen molar-refractivity contribution in [2.45, 2.75) is 31.7 Å². The van der Waals surface area contributed by atoms with Gasteiger partial charge in [-0.1, -0.05) is 22.9 Å². The summed E-state index contributed by atoms with van der Waals surface area (Å²) in [5.74, 6) is 0. The maximum atomic E-state index is 12.1. The molecule has 4 nitrogen and oxygen atoms in total. The minimum absolute atomic E-state index is 0. The first-order chi connectivity index (χ1) is 8.36. The lowest BCUT2D eigenvalue weighted by Crippen LogP contribution is -2.38. The van der Waals surface area contributed by atoms with Crippen molar-refractivity contribution in [3.05, 3.63) is 28.2 Å². The SMILES string of the molecule is CCN[C@H](C)CNS(=O)(=O)c1ccc(Br)c(C)c1.Cl. The fourth-order valence-electron chi connectivity index (χ4n) is 1.52. The van der Waals surface area contributed by atoms with Gasteiger partial charge in [0.25, 0.3) is 0 Å². The molecule has 1 aromatic rings. The van der Waals surface area contributed by atoms with Gasteiger partial charge in [-0.3, -0.25) is 0 Å². The van der Waals surface area contributed by atoms with Crippen molar-refractivity contribution in [2.24, 2.45) is 0 Å². The van der Waals surface area contributed by atoms with Crippen LogP contribution < -0.4 is 10.0 Å². The maximum absolute atomic E-state index is 12.1. The topological polar surface area (TPSA) is 58.2 Å². The lowest BCUT2D eigenvalue weighted by atomic mass is 10.2. The van der Waals surface area contributed by atoms with Crippen LogP contribution in [0.25, 0.3) is 0 Å². The van der Waals surface area contributed by atoms with Gasteiger partial charge in [-0.2, -0.15) is 0 Å². The molecule has 1 atom stereocenters. The van der Waals surface area contributed by atoms with E-state index >= 15 is 0 Å². The number of halogens is 2. The van der Waals surface area contributed by atoms with E-state index in [1.54, 1.807) is 18.2 Å². The summed E-state index contributed by atoms with van der Waals surface area (Å²) in [6.07, 6.45) is 0. The predicted molar refractivity (Wildman–Crippen MR) is 84.5 cm³/mol. The Morgan fingerprint density at radius 2 is 2.00 bits per heavy atom. The third kappa shape index (κ3) is 5.79. The molecule has 0 spiro atoms. The Bertz CT molecular complexity index is 508. The first kappa shape index (κ1) is 18.9. The van der Waals surface area contributed by atoms with Gasteiger partial charge in [0.1, 0.15) is 0 Å². The van der Waals surface area contributed by atoms with E-state index in [1.165, 1.54) is 0 Å². The summed E-state index contributed by atoms with van der Waals surface area (Å²) in [5.41, 5.74) is 0.901. The number of aryl methyl sites for hydroxylation is 1. The summed E-state index contributed by atoms with van der Waals surface area (Å²) < 4.78 is 27.6. The molecule has 0 bridgehead atoms. The van der Waals surface area contributed by atoms with E-state index in [1.807, 2.05) is 20.8 Å². The Morgan fingerprint density at radius 3 is 2.53 bits per heavy atom. The Morgan fingerprint density at radius 1 is 1.37 bits per heavy atom. The van der Waals surface area contributed by atoms with E-state index in [9.17, 15) is 8.42 Å². The standard InChI is InChI=1S/C12H19BrN2O2S.ClH/c1-4-14-10(3)8-15-18(16,17)11-5-6-12(13)9(2)7-11;/h5-7,10,14-15H,4,8H2,1-3H3;1H/t10-;/m1./s1. The molecule has 0 saturated heterocycles. The van der Waals surface area contributed by atoms with Crippen molar-refractivity contribution in [1.29, 1.82) is 0 Å². The molecule has 0 aliphatic carbocycles. The number of nitrogens with one attached hydrogen (secondary N) is 2. The average molecular weight is 372 g/mol. The van der Waals surface area contributed by atoms with Crippen LogP contribution in [0.3, 0.4) is 0 Å². The normalized spacial score (nSPS) is 12.8. The number of sulfonamides is 1. The van der Waals surface area contributed by atoms with Gasteiger partial charge < -0.3 is 5.32 Å². The van der Waals surface area contributed by atoms with E-state index in [0.29, 0.717) is 11.4 Å². The summed E-state index contributed by atoms with van der Waals surface area (Å²) in [5, 5.41) is 3.16. The van der Waals surface area contributed by atoms with E-state index in [0.717, 1.165) is 16.6 Å². The van der Waals surface area contributed by atoms with Crippen LogP contribution in [-0.2, 0) is 10.0 Å². The highest BCUT2D eigenvalue weighted by Crippen LogP contribution is 2.19. The highest BCUT2D eigenvalue weighted by atomic mass is 79.9. The van der Waals surface area contributed by atoms with E-state index in [-0.39, 0.29) is 18.4 Å². The zero-order chi connectivity index (χ0) is 13.8. The van der Waals surface area contributed by atoms with E-state index in [2.05, 4.69) is 26.0 Å². The summed E-state index contributed by atoms with van der Waals surface area (Å²) in [6.45, 7) is 7.00. The molecule has 110 valence electrons. The first-order valence-corrected chi connectivity index (χ1v) is 8.13. The fraction of sp³-hybridized carbons (Fsp3) is 0.500. The number of likely N-dealkylation sites (N-methyl/N-ethyl adjacent to an activating group) is 1. The number of hydrogen-bond donors (Lipinski definition) is 2. The number of rotatable bonds is 6. The van der Waals surface area contributed by atoms with Gasteiger partial charge in [-0.05, 0) is 44.2 Å². The quantitative estimate of drug-likeness (QED) is 0.807. The van der Waals surface area contributed by atoms with Gasteiger partial charge in [0.2, 0.25) is 10.0 Å². The van der Waals surface area contributed by atoms with Gasteiger partial charge in [0, 0.05) is 17.1 Å². The second-order valence-electron chi connectivity index (χ2n) is 4.22. The molecule has 0 radical (unpaired) electrons. The average Bonchev–Trinajstić information content (AvgIpc) is 2.30. The molecule has 0 unspecified atom stereocenters. The summed E-state index contributed by atoms with van der Waals surface area (Å²) in [6, 6.07) is 5.11. The molecule has 0 amide bonds. The van der Waals surface area contributed by atoms with Crippen molar-refractivity contribution < 1.29 is 8.42 Å². The minimum atomic E-state index is -3.42. The lowest BCUT2D eigenvalue weighted by Gasteiger charge is -2.14. The third-order valence-electron chi connectivity index (χ3n) is 2.57. The van der Waals surface area contributed by atoms with Crippen LogP contribution >= 0.6 is 28.3 Å². The van der Waals surface area contributed by atoms with Crippen molar-refractivity contribution in [3.8, 4) is 0 Å². The van der Waals surface area contributed by atoms with E-state index < -0.39 is 10.0 Å².